The number of carboxylic acids is 2. The van der Waals surface area contributed by atoms with Crippen LogP contribution in [0, 0.1) is 5.21 Å². The first kappa shape index (κ1) is 16.0. The second-order valence-corrected chi connectivity index (χ2v) is 5.18. The van der Waals surface area contributed by atoms with Crippen LogP contribution in [0.25, 0.3) is 0 Å². The molecule has 0 aliphatic carbocycles. The zero-order valence-electron chi connectivity index (χ0n) is 9.01. The molecule has 0 bridgehead atoms. The maximum absolute atomic E-state index is 12.0. The van der Waals surface area contributed by atoms with Gasteiger partial charge in [0.15, 0.2) is 18.9 Å². The summed E-state index contributed by atoms with van der Waals surface area (Å²) in [5.41, 5.74) is 0. The highest BCUT2D eigenvalue weighted by molar-refractivity contribution is 7.51. The summed E-state index contributed by atoms with van der Waals surface area (Å²) in [6.07, 6.45) is -1.60. The average Bonchev–Trinajstić information content (AvgIpc) is 1.96. The van der Waals surface area contributed by atoms with Crippen LogP contribution in [0.3, 0.4) is 0 Å². The molecule has 0 aromatic rings. The van der Waals surface area contributed by atoms with Crippen molar-refractivity contribution < 1.29 is 38.8 Å². The molecule has 0 aliphatic rings. The molecule has 0 saturated carbocycles. The molecule has 4 N–H and O–H groups in total. The van der Waals surface area contributed by atoms with Crippen LogP contribution in [0.5, 0.6) is 0 Å². The van der Waals surface area contributed by atoms with Crippen LogP contribution in [-0.2, 0) is 14.2 Å². The summed E-state index contributed by atoms with van der Waals surface area (Å²) in [6, 6.07) is -1.72. The molecular weight excluding hydrogens is 257 g/mol. The lowest BCUT2D eigenvalue weighted by atomic mass is 10.2. The van der Waals surface area contributed by atoms with Crippen molar-refractivity contribution in [3.8, 4) is 0 Å². The normalized spacial score (nSPS) is 17.2. The number of hydroxylamine groups is 3. The molecule has 0 fully saturated rings. The van der Waals surface area contributed by atoms with Gasteiger partial charge in [0.2, 0.25) is 0 Å². The summed E-state index contributed by atoms with van der Waals surface area (Å²) in [5, 5.41) is 29.3. The van der Waals surface area contributed by atoms with Crippen molar-refractivity contribution >= 4 is 19.5 Å². The lowest BCUT2D eigenvalue weighted by Gasteiger charge is -2.44. The van der Waals surface area contributed by atoms with Crippen LogP contribution in [0.1, 0.15) is 13.3 Å². The zero-order valence-corrected chi connectivity index (χ0v) is 9.91. The fraction of sp³-hybridized carbons (Fsp3) is 0.714. The zero-order chi connectivity index (χ0) is 13.9. The molecule has 0 rings (SSSR count). The first-order valence-electron chi connectivity index (χ1n) is 4.59. The van der Waals surface area contributed by atoms with E-state index >= 15 is 0 Å². The van der Waals surface area contributed by atoms with Gasteiger partial charge in [0.1, 0.15) is 0 Å². The lowest BCUT2D eigenvalue weighted by molar-refractivity contribution is -0.879. The van der Waals surface area contributed by atoms with Crippen molar-refractivity contribution in [2.75, 3.05) is 12.8 Å². The fourth-order valence-corrected chi connectivity index (χ4v) is 2.43. The maximum atomic E-state index is 12.0. The van der Waals surface area contributed by atoms with Gasteiger partial charge >= 0.3 is 19.5 Å². The lowest BCUT2D eigenvalue weighted by Crippen LogP contribution is -2.56. The quantitative estimate of drug-likeness (QED) is 0.271. The highest BCUT2D eigenvalue weighted by Crippen LogP contribution is 2.39. The Labute approximate surface area is 96.6 Å². The molecule has 0 aliphatic heterocycles. The molecule has 9 nitrogen and oxygen atoms in total. The summed E-state index contributed by atoms with van der Waals surface area (Å²) >= 11 is 0. The molecule has 0 radical (unpaired) electrons. The second kappa shape index (κ2) is 5.56. The Morgan fingerprint density at radius 3 is 2.06 bits per heavy atom. The van der Waals surface area contributed by atoms with Crippen LogP contribution in [0.4, 0.5) is 0 Å². The number of quaternary nitrogens is 1. The standard InChI is InChI=1S/C7H14NO8P/c1-2-5(7(11)12)8(13,3-6(9)10)4-17(14,15)16/h5H,2-4H2,1H3,(H,9,10)(H,11,12)(H2,14,15,16). The highest BCUT2D eigenvalue weighted by Gasteiger charge is 2.40. The van der Waals surface area contributed by atoms with Crippen LogP contribution < -0.4 is 0 Å². The van der Waals surface area contributed by atoms with Crippen molar-refractivity contribution in [1.29, 1.82) is 0 Å². The van der Waals surface area contributed by atoms with Gasteiger partial charge in [0, 0.05) is 6.42 Å². The highest BCUT2D eigenvalue weighted by atomic mass is 31.2. The van der Waals surface area contributed by atoms with Crippen LogP contribution >= 0.6 is 7.60 Å². The van der Waals surface area contributed by atoms with E-state index in [2.05, 4.69) is 0 Å². The Morgan fingerprint density at radius 2 is 1.82 bits per heavy atom. The average molecular weight is 271 g/mol. The number of carbonyl (C=O) groups is 2. The minimum atomic E-state index is -4.82. The van der Waals surface area contributed by atoms with Crippen LogP contribution in [-0.4, -0.2) is 55.5 Å². The van der Waals surface area contributed by atoms with Gasteiger partial charge in [-0.3, -0.25) is 4.57 Å². The SMILES string of the molecule is CCC(C(=O)O)[N+]([O-])(CC(=O)O)CP(=O)(O)O. The summed E-state index contributed by atoms with van der Waals surface area (Å²) in [5.74, 6) is -3.20. The van der Waals surface area contributed by atoms with Crippen LogP contribution in [0.15, 0.2) is 0 Å². The molecule has 0 spiro atoms. The summed E-state index contributed by atoms with van der Waals surface area (Å²) < 4.78 is 8.78. The van der Waals surface area contributed by atoms with Gasteiger partial charge < -0.3 is 29.9 Å². The van der Waals surface area contributed by atoms with Crippen molar-refractivity contribution in [2.24, 2.45) is 0 Å². The molecular formula is C7H14NO8P. The van der Waals surface area contributed by atoms with Crippen molar-refractivity contribution in [3.63, 3.8) is 0 Å². The summed E-state index contributed by atoms with van der Waals surface area (Å²) in [6.45, 7) is 0.112. The minimum Gasteiger partial charge on any atom is -0.631 e. The van der Waals surface area contributed by atoms with Gasteiger partial charge in [-0.1, -0.05) is 6.92 Å². The van der Waals surface area contributed by atoms with Gasteiger partial charge in [-0.2, -0.15) is 0 Å². The molecule has 0 aromatic carbocycles. The first-order chi connectivity index (χ1) is 7.52. The first-order valence-corrected chi connectivity index (χ1v) is 6.38. The number of hydrogen-bond acceptors (Lipinski definition) is 4. The van der Waals surface area contributed by atoms with E-state index in [1.165, 1.54) is 6.92 Å². The van der Waals surface area contributed by atoms with Gasteiger partial charge in [-0.15, -0.1) is 0 Å². The predicted octanol–water partition coefficient (Wildman–Crippen LogP) is -0.616. The molecule has 0 saturated heterocycles. The molecule has 0 aromatic heterocycles. The third kappa shape index (κ3) is 5.24. The van der Waals surface area contributed by atoms with E-state index in [4.69, 9.17) is 20.0 Å². The second-order valence-electron chi connectivity index (χ2n) is 3.57. The third-order valence-corrected chi connectivity index (χ3v) is 2.91. The molecule has 0 amide bonds. The Hall–Kier alpha value is -0.990. The van der Waals surface area contributed by atoms with E-state index in [0.717, 1.165) is 0 Å². The molecule has 2 unspecified atom stereocenters. The number of hydrogen-bond donors (Lipinski definition) is 4. The summed E-state index contributed by atoms with van der Waals surface area (Å²) in [7, 11) is -4.82. The number of nitrogens with zero attached hydrogens (tertiary/aromatic N) is 1. The Balaban J connectivity index is 5.27. The Morgan fingerprint density at radius 1 is 1.35 bits per heavy atom. The largest absolute Gasteiger partial charge is 0.631 e. The molecule has 100 valence electrons. The smallest absolute Gasteiger partial charge is 0.379 e. The molecule has 2 atom stereocenters. The molecule has 10 heteroatoms. The third-order valence-electron chi connectivity index (χ3n) is 2.07. The number of rotatable bonds is 7. The maximum Gasteiger partial charge on any atom is 0.379 e. The van der Waals surface area contributed by atoms with Gasteiger partial charge in [-0.25, -0.2) is 9.59 Å². The monoisotopic (exact) mass is 271 g/mol. The van der Waals surface area contributed by atoms with Crippen molar-refractivity contribution in [1.82, 2.24) is 0 Å². The van der Waals surface area contributed by atoms with E-state index in [1.807, 2.05) is 0 Å². The van der Waals surface area contributed by atoms with E-state index < -0.39 is 43.1 Å². The van der Waals surface area contributed by atoms with Crippen molar-refractivity contribution in [2.45, 2.75) is 19.4 Å². The van der Waals surface area contributed by atoms with Crippen molar-refractivity contribution in [3.05, 3.63) is 5.21 Å². The van der Waals surface area contributed by atoms with E-state index in [0.29, 0.717) is 0 Å². The van der Waals surface area contributed by atoms with Gasteiger partial charge in [0.25, 0.3) is 0 Å². The Bertz CT molecular complexity index is 352. The Kier molecular flexibility index (Phi) is 5.24. The fourth-order valence-electron chi connectivity index (χ4n) is 1.51. The van der Waals surface area contributed by atoms with Crippen LogP contribution in [0.2, 0.25) is 0 Å². The molecule has 17 heavy (non-hydrogen) atoms. The summed E-state index contributed by atoms with van der Waals surface area (Å²) in [4.78, 5) is 38.7. The van der Waals surface area contributed by atoms with E-state index in [9.17, 15) is 19.4 Å². The topological polar surface area (TPSA) is 155 Å². The molecule has 0 heterocycles. The number of aliphatic carboxylic acids is 2. The van der Waals surface area contributed by atoms with E-state index in [1.54, 1.807) is 0 Å². The van der Waals surface area contributed by atoms with Gasteiger partial charge in [-0.05, 0) is 0 Å². The minimum absolute atomic E-state index is 0.230. The van der Waals surface area contributed by atoms with E-state index in [-0.39, 0.29) is 6.42 Å². The predicted molar refractivity (Wildman–Crippen MR) is 54.8 cm³/mol. The number of carboxylic acid groups (broad SMARTS) is 2. The van der Waals surface area contributed by atoms with Gasteiger partial charge in [0.05, 0.1) is 0 Å².